The number of aromatic nitrogens is 2. The zero-order valence-electron chi connectivity index (χ0n) is 11.4. The van der Waals surface area contributed by atoms with Crippen molar-refractivity contribution in [3.63, 3.8) is 0 Å². The van der Waals surface area contributed by atoms with Crippen molar-refractivity contribution < 1.29 is 0 Å². The zero-order valence-corrected chi connectivity index (χ0v) is 13.8. The van der Waals surface area contributed by atoms with E-state index in [1.54, 1.807) is 0 Å². The fourth-order valence-corrected chi connectivity index (χ4v) is 2.87. The second-order valence-electron chi connectivity index (χ2n) is 4.74. The van der Waals surface area contributed by atoms with Gasteiger partial charge in [-0.2, -0.15) is 0 Å². The van der Waals surface area contributed by atoms with Crippen LogP contribution in [0.5, 0.6) is 0 Å². The van der Waals surface area contributed by atoms with Gasteiger partial charge < -0.3 is 4.98 Å². The van der Waals surface area contributed by atoms with E-state index in [9.17, 15) is 0 Å². The lowest BCUT2D eigenvalue weighted by Gasteiger charge is -2.11. The fraction of sp³-hybridized carbons (Fsp3) is 0.0588. The lowest BCUT2D eigenvalue weighted by atomic mass is 10.1. The highest BCUT2D eigenvalue weighted by molar-refractivity contribution is 9.10. The Balaban J connectivity index is 2.24. The lowest BCUT2D eigenvalue weighted by Crippen LogP contribution is -1.97. The Labute approximate surface area is 137 Å². The monoisotopic (exact) mass is 356 g/mol. The highest BCUT2D eigenvalue weighted by Gasteiger charge is 2.10. The van der Waals surface area contributed by atoms with E-state index in [1.165, 1.54) is 0 Å². The lowest BCUT2D eigenvalue weighted by molar-refractivity contribution is 1.12. The van der Waals surface area contributed by atoms with Crippen molar-refractivity contribution in [1.29, 1.82) is 0 Å². The number of hydrogen-bond acceptors (Lipinski definition) is 2. The first-order valence-electron chi connectivity index (χ1n) is 6.58. The largest absolute Gasteiger partial charge is 0.339 e. The number of hydrogen-bond donors (Lipinski definition) is 1. The minimum atomic E-state index is 0.623. The molecule has 0 aliphatic rings. The molecule has 104 valence electrons. The van der Waals surface area contributed by atoms with E-state index in [0.29, 0.717) is 4.64 Å². The van der Waals surface area contributed by atoms with E-state index in [-0.39, 0.29) is 0 Å². The van der Waals surface area contributed by atoms with Gasteiger partial charge in [-0.3, -0.25) is 0 Å². The smallest absolute Gasteiger partial charge is 0.140 e. The summed E-state index contributed by atoms with van der Waals surface area (Å²) in [6.45, 7) is 2.00. The van der Waals surface area contributed by atoms with Gasteiger partial charge in [-0.25, -0.2) is 4.98 Å². The molecule has 0 spiro atoms. The van der Waals surface area contributed by atoms with Gasteiger partial charge in [0, 0.05) is 15.6 Å². The summed E-state index contributed by atoms with van der Waals surface area (Å²) >= 11 is 8.99. The summed E-state index contributed by atoms with van der Waals surface area (Å²) in [6, 6.07) is 18.2. The van der Waals surface area contributed by atoms with Gasteiger partial charge in [0.05, 0.1) is 5.69 Å². The van der Waals surface area contributed by atoms with Crippen molar-refractivity contribution in [2.45, 2.75) is 6.92 Å². The molecule has 21 heavy (non-hydrogen) atoms. The van der Waals surface area contributed by atoms with Gasteiger partial charge in [0.15, 0.2) is 0 Å². The molecule has 0 radical (unpaired) electrons. The molecular weight excluding hydrogens is 344 g/mol. The van der Waals surface area contributed by atoms with Gasteiger partial charge in [0.2, 0.25) is 0 Å². The summed E-state index contributed by atoms with van der Waals surface area (Å²) in [5, 5.41) is 0. The summed E-state index contributed by atoms with van der Waals surface area (Å²) in [5.41, 5.74) is 4.12. The molecule has 2 aromatic carbocycles. The number of nitrogens with one attached hydrogen (secondary N) is 1. The third-order valence-electron chi connectivity index (χ3n) is 3.34. The Bertz CT molecular complexity index is 841. The average Bonchev–Trinajstić information content (AvgIpc) is 2.51. The van der Waals surface area contributed by atoms with E-state index in [1.807, 2.05) is 49.4 Å². The van der Waals surface area contributed by atoms with Crippen LogP contribution in [0.1, 0.15) is 5.56 Å². The van der Waals surface area contributed by atoms with Crippen LogP contribution in [0.25, 0.3) is 22.6 Å². The fourth-order valence-electron chi connectivity index (χ4n) is 2.21. The molecule has 1 N–H and O–H groups in total. The van der Waals surface area contributed by atoms with Gasteiger partial charge in [0.25, 0.3) is 0 Å². The van der Waals surface area contributed by atoms with Crippen LogP contribution in [-0.2, 0) is 0 Å². The molecule has 0 amide bonds. The van der Waals surface area contributed by atoms with Crippen molar-refractivity contribution in [2.24, 2.45) is 0 Å². The van der Waals surface area contributed by atoms with Crippen LogP contribution in [0.3, 0.4) is 0 Å². The molecule has 2 nitrogen and oxygen atoms in total. The van der Waals surface area contributed by atoms with Crippen molar-refractivity contribution in [3.05, 3.63) is 69.3 Å². The average molecular weight is 357 g/mol. The number of benzene rings is 2. The Kier molecular flexibility index (Phi) is 3.99. The van der Waals surface area contributed by atoms with Crippen molar-refractivity contribution in [1.82, 2.24) is 9.97 Å². The summed E-state index contributed by atoms with van der Waals surface area (Å²) in [5.74, 6) is 0.775. The maximum Gasteiger partial charge on any atom is 0.140 e. The number of H-pyrrole nitrogens is 1. The van der Waals surface area contributed by atoms with E-state index in [0.717, 1.165) is 32.7 Å². The predicted molar refractivity (Wildman–Crippen MR) is 92.7 cm³/mol. The molecule has 3 rings (SSSR count). The molecule has 1 heterocycles. The molecule has 0 fully saturated rings. The number of rotatable bonds is 2. The summed E-state index contributed by atoms with van der Waals surface area (Å²) < 4.78 is 1.62. The highest BCUT2D eigenvalue weighted by atomic mass is 79.9. The first-order valence-corrected chi connectivity index (χ1v) is 7.78. The van der Waals surface area contributed by atoms with Gasteiger partial charge in [-0.05, 0) is 18.6 Å². The van der Waals surface area contributed by atoms with E-state index >= 15 is 0 Å². The van der Waals surface area contributed by atoms with Gasteiger partial charge in [0.1, 0.15) is 10.5 Å². The molecule has 0 aliphatic carbocycles. The normalized spacial score (nSPS) is 10.6. The van der Waals surface area contributed by atoms with E-state index in [2.05, 4.69) is 38.0 Å². The molecule has 0 atom stereocenters. The maximum atomic E-state index is 5.43. The molecule has 3 aromatic rings. The molecule has 0 bridgehead atoms. The van der Waals surface area contributed by atoms with E-state index in [4.69, 9.17) is 12.2 Å². The first kappa shape index (κ1) is 14.2. The molecule has 1 aromatic heterocycles. The highest BCUT2D eigenvalue weighted by Crippen LogP contribution is 2.28. The number of halogens is 1. The van der Waals surface area contributed by atoms with Gasteiger partial charge in [-0.15, -0.1) is 0 Å². The molecule has 0 aliphatic heterocycles. The topological polar surface area (TPSA) is 28.7 Å². The van der Waals surface area contributed by atoms with Crippen LogP contribution in [-0.4, -0.2) is 9.97 Å². The zero-order chi connectivity index (χ0) is 14.8. The standard InChI is InChI=1S/C17H13BrN2S/c1-11-15(12-7-3-2-4-8-12)19-16(20-17(11)21)13-9-5-6-10-14(13)18/h2-10H,1H3,(H,19,20,21). The van der Waals surface area contributed by atoms with Crippen LogP contribution >= 0.6 is 28.1 Å². The quantitative estimate of drug-likeness (QED) is 0.610. The molecule has 4 heteroatoms. The second kappa shape index (κ2) is 5.92. The van der Waals surface area contributed by atoms with Gasteiger partial charge >= 0.3 is 0 Å². The first-order chi connectivity index (χ1) is 10.2. The van der Waals surface area contributed by atoms with Crippen LogP contribution in [0, 0.1) is 11.6 Å². The van der Waals surface area contributed by atoms with Gasteiger partial charge in [-0.1, -0.05) is 76.7 Å². The minimum Gasteiger partial charge on any atom is -0.339 e. The molecule has 0 saturated heterocycles. The number of nitrogens with zero attached hydrogens (tertiary/aromatic N) is 1. The van der Waals surface area contributed by atoms with Crippen molar-refractivity contribution in [2.75, 3.05) is 0 Å². The Morgan fingerprint density at radius 1 is 1.00 bits per heavy atom. The number of aromatic amines is 1. The van der Waals surface area contributed by atoms with E-state index < -0.39 is 0 Å². The van der Waals surface area contributed by atoms with Crippen LogP contribution in [0.2, 0.25) is 0 Å². The Morgan fingerprint density at radius 3 is 2.38 bits per heavy atom. The van der Waals surface area contributed by atoms with Crippen LogP contribution in [0.4, 0.5) is 0 Å². The van der Waals surface area contributed by atoms with Crippen molar-refractivity contribution >= 4 is 28.1 Å². The predicted octanol–water partition coefficient (Wildman–Crippen LogP) is 5.54. The molecular formula is C17H13BrN2S. The molecule has 0 unspecified atom stereocenters. The Hall–Kier alpha value is -1.78. The third-order valence-corrected chi connectivity index (χ3v) is 4.43. The third kappa shape index (κ3) is 2.82. The summed E-state index contributed by atoms with van der Waals surface area (Å²) in [4.78, 5) is 7.94. The van der Waals surface area contributed by atoms with Crippen LogP contribution < -0.4 is 0 Å². The molecule has 0 saturated carbocycles. The maximum absolute atomic E-state index is 5.43. The van der Waals surface area contributed by atoms with Crippen LogP contribution in [0.15, 0.2) is 59.1 Å². The minimum absolute atomic E-state index is 0.623. The summed E-state index contributed by atoms with van der Waals surface area (Å²) in [7, 11) is 0. The summed E-state index contributed by atoms with van der Waals surface area (Å²) in [6.07, 6.45) is 0. The Morgan fingerprint density at radius 2 is 1.67 bits per heavy atom. The van der Waals surface area contributed by atoms with Crippen molar-refractivity contribution in [3.8, 4) is 22.6 Å². The second-order valence-corrected chi connectivity index (χ2v) is 5.98. The SMILES string of the molecule is Cc1c(-c2ccccc2)[nH]c(-c2ccccc2Br)nc1=S.